The third-order valence-electron chi connectivity index (χ3n) is 2.02. The lowest BCUT2D eigenvalue weighted by molar-refractivity contribution is 0.575. The predicted octanol–water partition coefficient (Wildman–Crippen LogP) is 1.62. The number of hydrogen-bond donors (Lipinski definition) is 1. The van der Waals surface area contributed by atoms with Crippen LogP contribution in [0.1, 0.15) is 0 Å². The van der Waals surface area contributed by atoms with Crippen molar-refractivity contribution in [1.29, 1.82) is 0 Å². The third kappa shape index (κ3) is 2.42. The van der Waals surface area contributed by atoms with E-state index < -0.39 is 11.6 Å². The molecule has 0 fully saturated rings. The molecule has 0 spiro atoms. The normalized spacial score (nSPS) is 10.3. The van der Waals surface area contributed by atoms with Gasteiger partial charge in [0.05, 0.1) is 0 Å². The SMILES string of the molecule is CNCCN(C)c1c(F)cccc1F. The van der Waals surface area contributed by atoms with E-state index in [1.165, 1.54) is 18.2 Å². The van der Waals surface area contributed by atoms with E-state index in [-0.39, 0.29) is 5.69 Å². The largest absolute Gasteiger partial charge is 0.369 e. The van der Waals surface area contributed by atoms with Gasteiger partial charge in [-0.3, -0.25) is 0 Å². The molecule has 2 nitrogen and oxygen atoms in total. The molecule has 1 aromatic carbocycles. The monoisotopic (exact) mass is 200 g/mol. The first kappa shape index (κ1) is 10.9. The second-order valence-corrected chi connectivity index (χ2v) is 3.10. The molecule has 0 atom stereocenters. The van der Waals surface area contributed by atoms with Crippen LogP contribution in [0.15, 0.2) is 18.2 Å². The lowest BCUT2D eigenvalue weighted by atomic mass is 10.2. The summed E-state index contributed by atoms with van der Waals surface area (Å²) in [6.45, 7) is 1.25. The quantitative estimate of drug-likeness (QED) is 0.794. The van der Waals surface area contributed by atoms with E-state index in [4.69, 9.17) is 0 Å². The molecule has 78 valence electrons. The van der Waals surface area contributed by atoms with Crippen LogP contribution in [0, 0.1) is 11.6 Å². The summed E-state index contributed by atoms with van der Waals surface area (Å²) in [6.07, 6.45) is 0. The molecule has 4 heteroatoms. The minimum absolute atomic E-state index is 0.0303. The summed E-state index contributed by atoms with van der Waals surface area (Å²) in [5.41, 5.74) is 0.0303. The lowest BCUT2D eigenvalue weighted by Crippen LogP contribution is -2.28. The average Bonchev–Trinajstić information content (AvgIpc) is 2.14. The van der Waals surface area contributed by atoms with Gasteiger partial charge in [0.25, 0.3) is 0 Å². The number of rotatable bonds is 4. The number of halogens is 2. The van der Waals surface area contributed by atoms with Crippen molar-refractivity contribution < 1.29 is 8.78 Å². The molecule has 0 saturated heterocycles. The van der Waals surface area contributed by atoms with Crippen LogP contribution >= 0.6 is 0 Å². The van der Waals surface area contributed by atoms with Gasteiger partial charge < -0.3 is 10.2 Å². The number of nitrogens with zero attached hydrogens (tertiary/aromatic N) is 1. The molecule has 0 aliphatic rings. The van der Waals surface area contributed by atoms with E-state index in [9.17, 15) is 8.78 Å². The molecular weight excluding hydrogens is 186 g/mol. The highest BCUT2D eigenvalue weighted by Crippen LogP contribution is 2.21. The first-order valence-corrected chi connectivity index (χ1v) is 4.46. The highest BCUT2D eigenvalue weighted by molar-refractivity contribution is 5.48. The van der Waals surface area contributed by atoms with Gasteiger partial charge in [-0.05, 0) is 19.2 Å². The smallest absolute Gasteiger partial charge is 0.149 e. The highest BCUT2D eigenvalue weighted by atomic mass is 19.1. The maximum Gasteiger partial charge on any atom is 0.149 e. The van der Waals surface area contributed by atoms with Gasteiger partial charge >= 0.3 is 0 Å². The molecule has 0 heterocycles. The van der Waals surface area contributed by atoms with Crippen LogP contribution in [-0.4, -0.2) is 27.2 Å². The summed E-state index contributed by atoms with van der Waals surface area (Å²) in [5, 5.41) is 2.92. The Balaban J connectivity index is 2.82. The summed E-state index contributed by atoms with van der Waals surface area (Å²) < 4.78 is 26.5. The highest BCUT2D eigenvalue weighted by Gasteiger charge is 2.11. The van der Waals surface area contributed by atoms with Gasteiger partial charge in [-0.2, -0.15) is 0 Å². The fourth-order valence-corrected chi connectivity index (χ4v) is 1.24. The van der Waals surface area contributed by atoms with E-state index in [0.717, 1.165) is 0 Å². The number of anilines is 1. The Morgan fingerprint density at radius 1 is 1.29 bits per heavy atom. The second-order valence-electron chi connectivity index (χ2n) is 3.10. The van der Waals surface area contributed by atoms with Crippen molar-refractivity contribution in [3.63, 3.8) is 0 Å². The van der Waals surface area contributed by atoms with Gasteiger partial charge in [0.1, 0.15) is 17.3 Å². The summed E-state index contributed by atoms with van der Waals surface area (Å²) in [5.74, 6) is -1.05. The lowest BCUT2D eigenvalue weighted by Gasteiger charge is -2.20. The Bertz CT molecular complexity index is 282. The Labute approximate surface area is 82.5 Å². The number of nitrogens with one attached hydrogen (secondary N) is 1. The van der Waals surface area contributed by atoms with Crippen LogP contribution in [0.25, 0.3) is 0 Å². The van der Waals surface area contributed by atoms with Gasteiger partial charge in [0.15, 0.2) is 0 Å². The molecule has 1 rings (SSSR count). The first-order chi connectivity index (χ1) is 6.66. The van der Waals surface area contributed by atoms with Gasteiger partial charge in [-0.1, -0.05) is 6.07 Å². The fraction of sp³-hybridized carbons (Fsp3) is 0.400. The summed E-state index contributed by atoms with van der Waals surface area (Å²) in [6, 6.07) is 3.88. The predicted molar refractivity (Wildman–Crippen MR) is 53.6 cm³/mol. The van der Waals surface area contributed by atoms with Crippen LogP contribution in [0.3, 0.4) is 0 Å². The number of hydrogen-bond acceptors (Lipinski definition) is 2. The maximum absolute atomic E-state index is 13.2. The van der Waals surface area contributed by atoms with Crippen LogP contribution in [-0.2, 0) is 0 Å². The molecule has 0 unspecified atom stereocenters. The number of likely N-dealkylation sites (N-methyl/N-ethyl adjacent to an activating group) is 2. The molecular formula is C10H14F2N2. The molecule has 0 aliphatic heterocycles. The minimum atomic E-state index is -0.524. The van der Waals surface area contributed by atoms with Gasteiger partial charge in [0.2, 0.25) is 0 Å². The molecule has 0 radical (unpaired) electrons. The third-order valence-corrected chi connectivity index (χ3v) is 2.02. The van der Waals surface area contributed by atoms with E-state index >= 15 is 0 Å². The minimum Gasteiger partial charge on any atom is -0.369 e. The zero-order valence-corrected chi connectivity index (χ0v) is 8.35. The standard InChI is InChI=1S/C10H14F2N2/c1-13-6-7-14(2)10-8(11)4-3-5-9(10)12/h3-5,13H,6-7H2,1-2H3. The zero-order valence-electron chi connectivity index (χ0n) is 8.35. The number of benzene rings is 1. The van der Waals surface area contributed by atoms with Crippen LogP contribution in [0.2, 0.25) is 0 Å². The van der Waals surface area contributed by atoms with Gasteiger partial charge in [-0.25, -0.2) is 8.78 Å². The molecule has 0 aliphatic carbocycles. The Kier molecular flexibility index (Phi) is 3.83. The summed E-state index contributed by atoms with van der Waals surface area (Å²) in [4.78, 5) is 1.56. The summed E-state index contributed by atoms with van der Waals surface area (Å²) >= 11 is 0. The molecule has 0 amide bonds. The molecule has 14 heavy (non-hydrogen) atoms. The maximum atomic E-state index is 13.2. The average molecular weight is 200 g/mol. The molecule has 0 aromatic heterocycles. The van der Waals surface area contributed by atoms with Crippen LogP contribution < -0.4 is 10.2 Å². The van der Waals surface area contributed by atoms with E-state index in [0.29, 0.717) is 13.1 Å². The fourth-order valence-electron chi connectivity index (χ4n) is 1.24. The zero-order chi connectivity index (χ0) is 10.6. The molecule has 1 aromatic rings. The van der Waals surface area contributed by atoms with Crippen molar-refractivity contribution in [2.24, 2.45) is 0 Å². The van der Waals surface area contributed by atoms with Crippen LogP contribution in [0.4, 0.5) is 14.5 Å². The Hall–Kier alpha value is -1.16. The van der Waals surface area contributed by atoms with E-state index in [1.54, 1.807) is 19.0 Å². The van der Waals surface area contributed by atoms with E-state index in [2.05, 4.69) is 5.32 Å². The second kappa shape index (κ2) is 4.91. The topological polar surface area (TPSA) is 15.3 Å². The Morgan fingerprint density at radius 2 is 1.86 bits per heavy atom. The summed E-state index contributed by atoms with van der Waals surface area (Å²) in [7, 11) is 3.46. The van der Waals surface area contributed by atoms with Crippen molar-refractivity contribution in [3.8, 4) is 0 Å². The van der Waals surface area contributed by atoms with Gasteiger partial charge in [0, 0.05) is 20.1 Å². The van der Waals surface area contributed by atoms with E-state index in [1.807, 2.05) is 0 Å². The van der Waals surface area contributed by atoms with Gasteiger partial charge in [-0.15, -0.1) is 0 Å². The molecule has 0 bridgehead atoms. The van der Waals surface area contributed by atoms with Crippen LogP contribution in [0.5, 0.6) is 0 Å². The molecule has 0 saturated carbocycles. The van der Waals surface area contributed by atoms with Crippen molar-refractivity contribution >= 4 is 5.69 Å². The van der Waals surface area contributed by atoms with Crippen molar-refractivity contribution in [3.05, 3.63) is 29.8 Å². The Morgan fingerprint density at radius 3 is 2.36 bits per heavy atom. The van der Waals surface area contributed by atoms with Crippen molar-refractivity contribution in [2.75, 3.05) is 32.1 Å². The van der Waals surface area contributed by atoms with Crippen molar-refractivity contribution in [1.82, 2.24) is 5.32 Å². The molecule has 1 N–H and O–H groups in total. The number of para-hydroxylation sites is 1. The first-order valence-electron chi connectivity index (χ1n) is 4.46. The van der Waals surface area contributed by atoms with Crippen molar-refractivity contribution in [2.45, 2.75) is 0 Å².